The molecule has 1 N–H and O–H groups in total. The van der Waals surface area contributed by atoms with Gasteiger partial charge in [-0.15, -0.1) is 0 Å². The first-order valence-electron chi connectivity index (χ1n) is 8.73. The highest BCUT2D eigenvalue weighted by Gasteiger charge is 2.39. The first kappa shape index (κ1) is 15.8. The van der Waals surface area contributed by atoms with Crippen molar-refractivity contribution in [2.75, 3.05) is 6.54 Å². The van der Waals surface area contributed by atoms with Crippen LogP contribution in [0, 0.1) is 11.8 Å². The molecule has 0 bridgehead atoms. The highest BCUT2D eigenvalue weighted by Crippen LogP contribution is 2.28. The summed E-state index contributed by atoms with van der Waals surface area (Å²) in [4.78, 5) is 14.7. The quantitative estimate of drug-likeness (QED) is 0.807. The lowest BCUT2D eigenvalue weighted by atomic mass is 9.87. The van der Waals surface area contributed by atoms with Crippen LogP contribution in [0.5, 0.6) is 0 Å². The van der Waals surface area contributed by atoms with Crippen molar-refractivity contribution in [1.29, 1.82) is 0 Å². The van der Waals surface area contributed by atoms with Crippen molar-refractivity contribution >= 4 is 5.91 Å². The highest BCUT2D eigenvalue weighted by atomic mass is 16.2. The van der Waals surface area contributed by atoms with Gasteiger partial charge in [-0.2, -0.15) is 0 Å². The smallest absolute Gasteiger partial charge is 0.241 e. The Hall–Kier alpha value is -0.570. The Bertz CT molecular complexity index is 312. The van der Waals surface area contributed by atoms with E-state index in [1.165, 1.54) is 38.5 Å². The fourth-order valence-corrected chi connectivity index (χ4v) is 3.75. The van der Waals surface area contributed by atoms with Crippen LogP contribution in [-0.4, -0.2) is 29.6 Å². The van der Waals surface area contributed by atoms with Gasteiger partial charge in [0.15, 0.2) is 0 Å². The molecule has 3 heteroatoms. The summed E-state index contributed by atoms with van der Waals surface area (Å²) in [7, 11) is 0. The van der Waals surface area contributed by atoms with Crippen molar-refractivity contribution in [3.8, 4) is 0 Å². The van der Waals surface area contributed by atoms with Gasteiger partial charge < -0.3 is 4.90 Å². The van der Waals surface area contributed by atoms with Crippen LogP contribution in [0.1, 0.15) is 72.1 Å². The number of carbonyl (C=O) groups excluding carboxylic acids is 1. The van der Waals surface area contributed by atoms with E-state index in [4.69, 9.17) is 0 Å². The summed E-state index contributed by atoms with van der Waals surface area (Å²) >= 11 is 0. The van der Waals surface area contributed by atoms with Crippen LogP contribution >= 0.6 is 0 Å². The van der Waals surface area contributed by atoms with Gasteiger partial charge >= 0.3 is 0 Å². The van der Waals surface area contributed by atoms with E-state index in [9.17, 15) is 4.79 Å². The van der Waals surface area contributed by atoms with Gasteiger partial charge in [0, 0.05) is 6.54 Å². The summed E-state index contributed by atoms with van der Waals surface area (Å²) in [5, 5.41) is 3.56. The summed E-state index contributed by atoms with van der Waals surface area (Å²) in [6.45, 7) is 7.50. The molecular weight excluding hydrogens is 248 g/mol. The van der Waals surface area contributed by atoms with Gasteiger partial charge in [0.05, 0.1) is 12.2 Å². The predicted molar refractivity (Wildman–Crippen MR) is 83.4 cm³/mol. The predicted octanol–water partition coefficient (Wildman–Crippen LogP) is 3.54. The minimum absolute atomic E-state index is 0.0521. The van der Waals surface area contributed by atoms with Gasteiger partial charge in [0.25, 0.3) is 0 Å². The van der Waals surface area contributed by atoms with Gasteiger partial charge in [-0.25, -0.2) is 0 Å². The lowest BCUT2D eigenvalue weighted by Crippen LogP contribution is -2.38. The molecule has 3 unspecified atom stereocenters. The van der Waals surface area contributed by atoms with Crippen LogP contribution in [0.4, 0.5) is 0 Å². The Kier molecular flexibility index (Phi) is 5.88. The molecule has 3 atom stereocenters. The van der Waals surface area contributed by atoms with E-state index in [1.807, 2.05) is 0 Å². The molecule has 0 spiro atoms. The monoisotopic (exact) mass is 280 g/mol. The largest absolute Gasteiger partial charge is 0.326 e. The van der Waals surface area contributed by atoms with Crippen molar-refractivity contribution in [3.63, 3.8) is 0 Å². The summed E-state index contributed by atoms with van der Waals surface area (Å²) in [5.41, 5.74) is 0. The Morgan fingerprint density at radius 2 is 1.95 bits per heavy atom. The summed E-state index contributed by atoms with van der Waals surface area (Å²) in [5.74, 6) is 1.65. The first-order chi connectivity index (χ1) is 9.67. The third-order valence-corrected chi connectivity index (χ3v) is 5.40. The molecule has 1 aliphatic heterocycles. The maximum Gasteiger partial charge on any atom is 0.241 e. The molecule has 1 saturated carbocycles. The second-order valence-electron chi connectivity index (χ2n) is 6.78. The zero-order valence-electron chi connectivity index (χ0n) is 13.5. The standard InChI is InChI=1S/C17H32N2O/c1-4-13(3)16-17(20)19(15(5-2)18-16)12-11-14-9-7-6-8-10-14/h13-16,18H,4-12H2,1-3H3. The Labute approximate surface area is 124 Å². The molecule has 2 fully saturated rings. The van der Waals surface area contributed by atoms with Gasteiger partial charge in [0.2, 0.25) is 5.91 Å². The number of amides is 1. The van der Waals surface area contributed by atoms with Crippen LogP contribution < -0.4 is 5.32 Å². The first-order valence-corrected chi connectivity index (χ1v) is 8.73. The van der Waals surface area contributed by atoms with Gasteiger partial charge in [0.1, 0.15) is 0 Å². The number of nitrogens with zero attached hydrogens (tertiary/aromatic N) is 1. The van der Waals surface area contributed by atoms with E-state index in [-0.39, 0.29) is 12.2 Å². The van der Waals surface area contributed by atoms with Crippen molar-refractivity contribution in [2.45, 2.75) is 84.3 Å². The van der Waals surface area contributed by atoms with Crippen LogP contribution in [0.2, 0.25) is 0 Å². The van der Waals surface area contributed by atoms with Gasteiger partial charge in [-0.1, -0.05) is 59.3 Å². The molecule has 2 rings (SSSR count). The lowest BCUT2D eigenvalue weighted by molar-refractivity contribution is -0.131. The minimum atomic E-state index is 0.0521. The van der Waals surface area contributed by atoms with E-state index in [2.05, 4.69) is 31.0 Å². The molecule has 0 aromatic carbocycles. The molecule has 0 aromatic rings. The van der Waals surface area contributed by atoms with Crippen LogP contribution in [-0.2, 0) is 4.79 Å². The van der Waals surface area contributed by atoms with Crippen molar-refractivity contribution in [2.24, 2.45) is 11.8 Å². The molecule has 20 heavy (non-hydrogen) atoms. The molecule has 1 amide bonds. The lowest BCUT2D eigenvalue weighted by Gasteiger charge is -2.27. The number of hydrogen-bond donors (Lipinski definition) is 1. The second kappa shape index (κ2) is 7.44. The topological polar surface area (TPSA) is 32.3 Å². The maximum atomic E-state index is 12.6. The van der Waals surface area contributed by atoms with Gasteiger partial charge in [-0.05, 0) is 24.7 Å². The fraction of sp³-hybridized carbons (Fsp3) is 0.941. The Morgan fingerprint density at radius 1 is 1.25 bits per heavy atom. The zero-order chi connectivity index (χ0) is 14.5. The molecule has 1 aliphatic carbocycles. The van der Waals surface area contributed by atoms with E-state index >= 15 is 0 Å². The molecule has 3 nitrogen and oxygen atoms in total. The number of nitrogens with one attached hydrogen (secondary N) is 1. The Morgan fingerprint density at radius 3 is 2.55 bits per heavy atom. The Balaban J connectivity index is 1.89. The summed E-state index contributed by atoms with van der Waals surface area (Å²) in [6.07, 6.45) is 10.5. The molecule has 0 aromatic heterocycles. The van der Waals surface area contributed by atoms with Crippen molar-refractivity contribution in [3.05, 3.63) is 0 Å². The average molecular weight is 280 g/mol. The molecule has 0 radical (unpaired) electrons. The van der Waals surface area contributed by atoms with Gasteiger partial charge in [-0.3, -0.25) is 10.1 Å². The van der Waals surface area contributed by atoms with E-state index in [1.54, 1.807) is 0 Å². The van der Waals surface area contributed by atoms with Crippen molar-refractivity contribution < 1.29 is 4.79 Å². The van der Waals surface area contributed by atoms with E-state index in [0.717, 1.165) is 25.3 Å². The average Bonchev–Trinajstić information content (AvgIpc) is 2.81. The summed E-state index contributed by atoms with van der Waals surface area (Å²) < 4.78 is 0. The van der Waals surface area contributed by atoms with Crippen molar-refractivity contribution in [1.82, 2.24) is 10.2 Å². The number of hydrogen-bond acceptors (Lipinski definition) is 2. The molecule has 1 heterocycles. The number of carbonyl (C=O) groups is 1. The fourth-order valence-electron chi connectivity index (χ4n) is 3.75. The molecule has 1 saturated heterocycles. The second-order valence-corrected chi connectivity index (χ2v) is 6.78. The molecular formula is C17H32N2O. The maximum absolute atomic E-state index is 12.6. The van der Waals surface area contributed by atoms with Crippen LogP contribution in [0.25, 0.3) is 0 Å². The normalized spacial score (nSPS) is 29.9. The SMILES string of the molecule is CCC(C)C1NC(CC)N(CCC2CCCCC2)C1=O. The molecule has 116 valence electrons. The third-order valence-electron chi connectivity index (χ3n) is 5.40. The van der Waals surface area contributed by atoms with E-state index in [0.29, 0.717) is 11.8 Å². The summed E-state index contributed by atoms with van der Waals surface area (Å²) in [6, 6.07) is 0.0521. The van der Waals surface area contributed by atoms with Crippen LogP contribution in [0.3, 0.4) is 0 Å². The number of rotatable bonds is 6. The zero-order valence-corrected chi connectivity index (χ0v) is 13.5. The third kappa shape index (κ3) is 3.55. The molecule has 2 aliphatic rings. The minimum Gasteiger partial charge on any atom is -0.326 e. The van der Waals surface area contributed by atoms with Crippen LogP contribution in [0.15, 0.2) is 0 Å². The van der Waals surface area contributed by atoms with E-state index < -0.39 is 0 Å². The highest BCUT2D eigenvalue weighted by molar-refractivity contribution is 5.84.